The zero-order valence-electron chi connectivity index (χ0n) is 17.1. The van der Waals surface area contributed by atoms with Crippen LogP contribution in [-0.4, -0.2) is 34.6 Å². The third-order valence-electron chi connectivity index (χ3n) is 5.50. The molecule has 7 nitrogen and oxygen atoms in total. The molecule has 2 aliphatic heterocycles. The first-order valence-electron chi connectivity index (χ1n) is 9.89. The second kappa shape index (κ2) is 7.09. The number of carbonyl (C=O) groups excluding carboxylic acids is 4. The van der Waals surface area contributed by atoms with Crippen molar-refractivity contribution in [1.29, 1.82) is 0 Å². The molecule has 2 aromatic rings. The number of hydrogen-bond donors (Lipinski definition) is 2. The molecule has 1 unspecified atom stereocenters. The molecule has 0 aliphatic carbocycles. The lowest BCUT2D eigenvalue weighted by Crippen LogP contribution is -2.54. The number of fused-ring (bicyclic) bond motifs is 1. The number of hydrogen-bond acceptors (Lipinski definition) is 5. The van der Waals surface area contributed by atoms with E-state index in [4.69, 9.17) is 0 Å². The van der Waals surface area contributed by atoms with E-state index in [2.05, 4.69) is 31.4 Å². The van der Waals surface area contributed by atoms with E-state index in [1.54, 1.807) is 18.2 Å². The number of nitrogens with zero attached hydrogens (tertiary/aromatic N) is 1. The number of piperidine rings is 1. The standard InChI is InChI=1S/C23H23N3O4/c1-23(2,3)13-7-9-14(10-8-13)24-16-6-4-5-15-19(16)22(30)26(21(15)29)17-11-12-18(27)25-20(17)28/h4-10,17,24H,11-12H2,1-3H3,(H,25,27,28). The van der Waals surface area contributed by atoms with E-state index in [-0.39, 0.29) is 29.4 Å². The van der Waals surface area contributed by atoms with Crippen molar-refractivity contribution in [3.05, 3.63) is 59.2 Å². The van der Waals surface area contributed by atoms with Gasteiger partial charge in [-0.1, -0.05) is 39.0 Å². The third kappa shape index (κ3) is 3.36. The van der Waals surface area contributed by atoms with Crippen LogP contribution >= 0.6 is 0 Å². The average molecular weight is 405 g/mol. The molecular formula is C23H23N3O4. The van der Waals surface area contributed by atoms with Crippen molar-refractivity contribution in [2.24, 2.45) is 0 Å². The highest BCUT2D eigenvalue weighted by Gasteiger charge is 2.45. The van der Waals surface area contributed by atoms with Crippen molar-refractivity contribution in [3.8, 4) is 0 Å². The number of carbonyl (C=O) groups is 4. The second-order valence-corrected chi connectivity index (χ2v) is 8.63. The first-order valence-corrected chi connectivity index (χ1v) is 9.89. The summed E-state index contributed by atoms with van der Waals surface area (Å²) in [6.45, 7) is 6.40. The van der Waals surface area contributed by atoms with Crippen LogP contribution in [-0.2, 0) is 15.0 Å². The Morgan fingerprint density at radius 3 is 2.30 bits per heavy atom. The molecule has 4 amide bonds. The van der Waals surface area contributed by atoms with Gasteiger partial charge in [0.15, 0.2) is 0 Å². The molecule has 2 heterocycles. The summed E-state index contributed by atoms with van der Waals surface area (Å²) < 4.78 is 0. The maximum atomic E-state index is 13.1. The van der Waals surface area contributed by atoms with Crippen molar-refractivity contribution < 1.29 is 19.2 Å². The van der Waals surface area contributed by atoms with Crippen LogP contribution in [0.4, 0.5) is 11.4 Å². The highest BCUT2D eigenvalue weighted by Crippen LogP contribution is 2.34. The lowest BCUT2D eigenvalue weighted by molar-refractivity contribution is -0.136. The highest BCUT2D eigenvalue weighted by molar-refractivity contribution is 6.25. The van der Waals surface area contributed by atoms with E-state index in [1.807, 2.05) is 24.3 Å². The minimum atomic E-state index is -0.978. The Labute approximate surface area is 174 Å². The Bertz CT molecular complexity index is 1070. The van der Waals surface area contributed by atoms with Crippen LogP contribution in [0.3, 0.4) is 0 Å². The summed E-state index contributed by atoms with van der Waals surface area (Å²) in [5.41, 5.74) is 2.99. The lowest BCUT2D eigenvalue weighted by Gasteiger charge is -2.27. The van der Waals surface area contributed by atoms with Gasteiger partial charge in [0.2, 0.25) is 11.8 Å². The van der Waals surface area contributed by atoms with E-state index < -0.39 is 29.7 Å². The van der Waals surface area contributed by atoms with Gasteiger partial charge >= 0.3 is 0 Å². The summed E-state index contributed by atoms with van der Waals surface area (Å²) in [5.74, 6) is -2.06. The number of nitrogens with one attached hydrogen (secondary N) is 2. The molecule has 4 rings (SSSR count). The molecule has 0 spiro atoms. The molecule has 1 fully saturated rings. The fourth-order valence-electron chi connectivity index (χ4n) is 3.83. The molecule has 154 valence electrons. The fraction of sp³-hybridized carbons (Fsp3) is 0.304. The van der Waals surface area contributed by atoms with Gasteiger partial charge in [-0.25, -0.2) is 0 Å². The molecule has 1 atom stereocenters. The topological polar surface area (TPSA) is 95.6 Å². The van der Waals surface area contributed by atoms with Crippen molar-refractivity contribution in [1.82, 2.24) is 10.2 Å². The summed E-state index contributed by atoms with van der Waals surface area (Å²) in [5, 5.41) is 5.43. The minimum Gasteiger partial charge on any atom is -0.355 e. The Morgan fingerprint density at radius 2 is 1.67 bits per heavy atom. The van der Waals surface area contributed by atoms with E-state index in [0.717, 1.165) is 10.6 Å². The van der Waals surface area contributed by atoms with Gasteiger partial charge in [0, 0.05) is 12.1 Å². The molecule has 0 bridgehead atoms. The maximum Gasteiger partial charge on any atom is 0.264 e. The van der Waals surface area contributed by atoms with Crippen LogP contribution in [0.1, 0.15) is 59.9 Å². The summed E-state index contributed by atoms with van der Waals surface area (Å²) in [6.07, 6.45) is 0.224. The number of amides is 4. The van der Waals surface area contributed by atoms with E-state index >= 15 is 0 Å². The average Bonchev–Trinajstić information content (AvgIpc) is 2.93. The summed E-state index contributed by atoms with van der Waals surface area (Å²) in [4.78, 5) is 50.7. The lowest BCUT2D eigenvalue weighted by atomic mass is 9.87. The zero-order valence-corrected chi connectivity index (χ0v) is 17.1. The van der Waals surface area contributed by atoms with Crippen molar-refractivity contribution >= 4 is 35.0 Å². The fourth-order valence-corrected chi connectivity index (χ4v) is 3.83. The largest absolute Gasteiger partial charge is 0.355 e. The first-order chi connectivity index (χ1) is 14.2. The van der Waals surface area contributed by atoms with Crippen LogP contribution in [0, 0.1) is 0 Å². The van der Waals surface area contributed by atoms with Crippen LogP contribution in [0.2, 0.25) is 0 Å². The van der Waals surface area contributed by atoms with Gasteiger partial charge in [0.25, 0.3) is 11.8 Å². The monoisotopic (exact) mass is 405 g/mol. The normalized spacial score (nSPS) is 19.0. The molecule has 2 N–H and O–H groups in total. The van der Waals surface area contributed by atoms with Gasteiger partial charge in [-0.15, -0.1) is 0 Å². The molecule has 0 saturated carbocycles. The molecule has 2 aliphatic rings. The third-order valence-corrected chi connectivity index (χ3v) is 5.50. The van der Waals surface area contributed by atoms with Gasteiger partial charge in [0.05, 0.1) is 16.8 Å². The maximum absolute atomic E-state index is 13.1. The predicted molar refractivity (Wildman–Crippen MR) is 112 cm³/mol. The van der Waals surface area contributed by atoms with Gasteiger partial charge < -0.3 is 5.32 Å². The van der Waals surface area contributed by atoms with Gasteiger partial charge in [-0.05, 0) is 41.7 Å². The van der Waals surface area contributed by atoms with Crippen LogP contribution in [0.5, 0.6) is 0 Å². The quantitative estimate of drug-likeness (QED) is 0.765. The molecule has 7 heteroatoms. The smallest absolute Gasteiger partial charge is 0.264 e. The Hall–Kier alpha value is -3.48. The van der Waals surface area contributed by atoms with Gasteiger partial charge in [-0.2, -0.15) is 0 Å². The SMILES string of the molecule is CC(C)(C)c1ccc(Nc2cccc3c2C(=O)N(C2CCC(=O)NC2=O)C3=O)cc1. The Morgan fingerprint density at radius 1 is 0.967 bits per heavy atom. The Balaban J connectivity index is 1.63. The van der Waals surface area contributed by atoms with Crippen LogP contribution in [0.25, 0.3) is 0 Å². The van der Waals surface area contributed by atoms with Crippen molar-refractivity contribution in [2.75, 3.05) is 5.32 Å². The van der Waals surface area contributed by atoms with E-state index in [0.29, 0.717) is 5.69 Å². The molecule has 30 heavy (non-hydrogen) atoms. The number of imide groups is 2. The number of rotatable bonds is 3. The van der Waals surface area contributed by atoms with E-state index in [1.165, 1.54) is 5.56 Å². The number of benzene rings is 2. The predicted octanol–water partition coefficient (Wildman–Crippen LogP) is 3.13. The minimum absolute atomic E-state index is 0.0252. The van der Waals surface area contributed by atoms with Gasteiger partial charge in [0.1, 0.15) is 6.04 Å². The van der Waals surface area contributed by atoms with Crippen LogP contribution < -0.4 is 10.6 Å². The molecule has 2 aromatic carbocycles. The zero-order chi connectivity index (χ0) is 21.6. The highest BCUT2D eigenvalue weighted by atomic mass is 16.2. The first kappa shape index (κ1) is 19.8. The molecular weight excluding hydrogens is 382 g/mol. The summed E-state index contributed by atoms with van der Waals surface area (Å²) in [6, 6.07) is 11.9. The van der Waals surface area contributed by atoms with E-state index in [9.17, 15) is 19.2 Å². The molecule has 0 radical (unpaired) electrons. The van der Waals surface area contributed by atoms with Gasteiger partial charge in [-0.3, -0.25) is 29.4 Å². The Kier molecular flexibility index (Phi) is 4.68. The second-order valence-electron chi connectivity index (χ2n) is 8.63. The molecule has 1 saturated heterocycles. The van der Waals surface area contributed by atoms with Crippen LogP contribution in [0.15, 0.2) is 42.5 Å². The number of anilines is 2. The van der Waals surface area contributed by atoms with Crippen molar-refractivity contribution in [3.63, 3.8) is 0 Å². The summed E-state index contributed by atoms with van der Waals surface area (Å²) in [7, 11) is 0. The molecule has 0 aromatic heterocycles. The summed E-state index contributed by atoms with van der Waals surface area (Å²) >= 11 is 0. The van der Waals surface area contributed by atoms with Crippen molar-refractivity contribution in [2.45, 2.75) is 45.1 Å².